The Balaban J connectivity index is 1.87. The topological polar surface area (TPSA) is 54.2 Å². The van der Waals surface area contributed by atoms with Crippen LogP contribution in [0.4, 0.5) is 0 Å². The molecule has 0 aliphatic carbocycles. The minimum absolute atomic E-state index is 0.197. The van der Waals surface area contributed by atoms with E-state index < -0.39 is 0 Å². The van der Waals surface area contributed by atoms with Crippen LogP contribution in [0, 0.1) is 0 Å². The van der Waals surface area contributed by atoms with E-state index in [2.05, 4.69) is 9.89 Å². The highest BCUT2D eigenvalue weighted by atomic mass is 35.5. The minimum Gasteiger partial charge on any atom is -0.466 e. The molecule has 1 aliphatic heterocycles. The van der Waals surface area contributed by atoms with Gasteiger partial charge in [-0.15, -0.1) is 0 Å². The lowest BCUT2D eigenvalue weighted by Crippen LogP contribution is -2.31. The lowest BCUT2D eigenvalue weighted by atomic mass is 10.1. The molecule has 3 rings (SSSR count). The molecule has 0 bridgehead atoms. The summed E-state index contributed by atoms with van der Waals surface area (Å²) in [5.41, 5.74) is 7.20. The minimum atomic E-state index is 0.197. The summed E-state index contributed by atoms with van der Waals surface area (Å²) in [4.78, 5) is 0. The molecule has 3 N–H and O–H groups in total. The van der Waals surface area contributed by atoms with Crippen LogP contribution in [0.15, 0.2) is 47.1 Å². The molecule has 0 spiro atoms. The largest absolute Gasteiger partial charge is 0.466 e. The molecule has 0 amide bonds. The fourth-order valence-corrected chi connectivity index (χ4v) is 2.46. The Bertz CT molecular complexity index is 590. The first-order valence-corrected chi connectivity index (χ1v) is 6.52. The maximum absolute atomic E-state index is 6.02. The third-order valence-corrected chi connectivity index (χ3v) is 3.58. The number of nitrogens with one attached hydrogen (secondary N) is 1. The molecule has 4 nitrogen and oxygen atoms in total. The van der Waals surface area contributed by atoms with Gasteiger partial charge in [0.15, 0.2) is 0 Å². The standard InChI is InChI=1S/C14H14ClN3O/c15-11-5-3-10(4-6-11)13-8-17-14(16)18(13)9-12-2-1-7-19-12/h1-7,13H,8-9H2,(H2,16,17)/p+1. The van der Waals surface area contributed by atoms with Crippen molar-refractivity contribution in [3.05, 3.63) is 59.0 Å². The van der Waals surface area contributed by atoms with Crippen molar-refractivity contribution in [1.82, 2.24) is 5.32 Å². The number of benzene rings is 1. The van der Waals surface area contributed by atoms with E-state index in [-0.39, 0.29) is 6.04 Å². The van der Waals surface area contributed by atoms with Crippen LogP contribution < -0.4 is 11.1 Å². The Morgan fingerprint density at radius 2 is 2.11 bits per heavy atom. The Kier molecular flexibility index (Phi) is 3.17. The van der Waals surface area contributed by atoms with Gasteiger partial charge in [0.2, 0.25) is 0 Å². The molecular formula is C14H15ClN3O+. The predicted molar refractivity (Wildman–Crippen MR) is 74.1 cm³/mol. The van der Waals surface area contributed by atoms with Crippen LogP contribution in [0.2, 0.25) is 5.02 Å². The zero-order chi connectivity index (χ0) is 13.2. The maximum atomic E-state index is 6.02. The first-order valence-electron chi connectivity index (χ1n) is 6.15. The molecule has 0 saturated heterocycles. The Hall–Kier alpha value is -1.94. The molecule has 0 saturated carbocycles. The normalized spacial score (nSPS) is 18.7. The third-order valence-electron chi connectivity index (χ3n) is 3.32. The van der Waals surface area contributed by atoms with E-state index in [1.807, 2.05) is 36.4 Å². The van der Waals surface area contributed by atoms with Crippen LogP contribution in [0.3, 0.4) is 0 Å². The summed E-state index contributed by atoms with van der Waals surface area (Å²) < 4.78 is 7.49. The van der Waals surface area contributed by atoms with Gasteiger partial charge < -0.3 is 4.42 Å². The molecule has 5 heteroatoms. The van der Waals surface area contributed by atoms with E-state index in [0.29, 0.717) is 12.5 Å². The highest BCUT2D eigenvalue weighted by molar-refractivity contribution is 6.30. The van der Waals surface area contributed by atoms with Crippen LogP contribution in [0.1, 0.15) is 17.4 Å². The molecule has 0 radical (unpaired) electrons. The highest BCUT2D eigenvalue weighted by Gasteiger charge is 2.30. The van der Waals surface area contributed by atoms with E-state index in [1.165, 1.54) is 5.56 Å². The number of hydrogen-bond donors (Lipinski definition) is 2. The summed E-state index contributed by atoms with van der Waals surface area (Å²) in [6, 6.07) is 11.9. The summed E-state index contributed by atoms with van der Waals surface area (Å²) in [5.74, 6) is 1.57. The zero-order valence-corrected chi connectivity index (χ0v) is 11.1. The SMILES string of the molecule is NC1=[N+](Cc2ccco2)C(c2ccc(Cl)cc2)CN1. The van der Waals surface area contributed by atoms with Gasteiger partial charge in [-0.3, -0.25) is 11.1 Å². The van der Waals surface area contributed by atoms with Crippen molar-refractivity contribution in [3.8, 4) is 0 Å². The monoisotopic (exact) mass is 276 g/mol. The van der Waals surface area contributed by atoms with E-state index in [9.17, 15) is 0 Å². The molecule has 2 aromatic rings. The van der Waals surface area contributed by atoms with Crippen molar-refractivity contribution in [2.24, 2.45) is 5.73 Å². The van der Waals surface area contributed by atoms with E-state index in [0.717, 1.165) is 17.3 Å². The molecule has 1 atom stereocenters. The lowest BCUT2D eigenvalue weighted by Gasteiger charge is -2.13. The fraction of sp³-hybridized carbons (Fsp3) is 0.214. The van der Waals surface area contributed by atoms with Crippen LogP contribution in [0.5, 0.6) is 0 Å². The molecule has 0 fully saturated rings. The van der Waals surface area contributed by atoms with Gasteiger partial charge in [-0.25, -0.2) is 4.58 Å². The molecule has 19 heavy (non-hydrogen) atoms. The second kappa shape index (κ2) is 4.97. The number of nitrogens with zero attached hydrogens (tertiary/aromatic N) is 1. The van der Waals surface area contributed by atoms with Crippen molar-refractivity contribution in [3.63, 3.8) is 0 Å². The first kappa shape index (κ1) is 12.1. The molecule has 1 aromatic heterocycles. The summed E-state index contributed by atoms with van der Waals surface area (Å²) >= 11 is 5.92. The molecule has 1 aromatic carbocycles. The van der Waals surface area contributed by atoms with Crippen molar-refractivity contribution < 1.29 is 8.99 Å². The van der Waals surface area contributed by atoms with Crippen molar-refractivity contribution in [2.75, 3.05) is 6.54 Å². The Morgan fingerprint density at radius 3 is 2.79 bits per heavy atom. The Morgan fingerprint density at radius 1 is 1.32 bits per heavy atom. The summed E-state index contributed by atoms with van der Waals surface area (Å²) in [7, 11) is 0. The van der Waals surface area contributed by atoms with Gasteiger partial charge >= 0.3 is 5.96 Å². The zero-order valence-electron chi connectivity index (χ0n) is 10.3. The van der Waals surface area contributed by atoms with Gasteiger partial charge in [0.25, 0.3) is 0 Å². The molecule has 2 heterocycles. The summed E-state index contributed by atoms with van der Waals surface area (Å²) in [5, 5.41) is 3.93. The predicted octanol–water partition coefficient (Wildman–Crippen LogP) is 2.10. The van der Waals surface area contributed by atoms with Crippen molar-refractivity contribution in [2.45, 2.75) is 12.6 Å². The van der Waals surface area contributed by atoms with Gasteiger partial charge in [-0.05, 0) is 29.8 Å². The number of halogens is 1. The van der Waals surface area contributed by atoms with Gasteiger partial charge in [0.05, 0.1) is 6.26 Å². The van der Waals surface area contributed by atoms with Gasteiger partial charge in [0.1, 0.15) is 24.9 Å². The highest BCUT2D eigenvalue weighted by Crippen LogP contribution is 2.23. The van der Waals surface area contributed by atoms with Crippen LogP contribution in [-0.4, -0.2) is 17.1 Å². The number of furan rings is 1. The number of guanidine groups is 1. The van der Waals surface area contributed by atoms with Crippen molar-refractivity contribution >= 4 is 17.6 Å². The average molecular weight is 277 g/mol. The summed E-state index contributed by atoms with van der Waals surface area (Å²) in [6.07, 6.45) is 1.67. The van der Waals surface area contributed by atoms with E-state index >= 15 is 0 Å². The van der Waals surface area contributed by atoms with Gasteiger partial charge in [-0.1, -0.05) is 23.7 Å². The summed E-state index contributed by atoms with van der Waals surface area (Å²) in [6.45, 7) is 1.44. The first-order chi connectivity index (χ1) is 9.24. The molecule has 98 valence electrons. The molecule has 1 unspecified atom stereocenters. The third kappa shape index (κ3) is 2.44. The van der Waals surface area contributed by atoms with Gasteiger partial charge in [-0.2, -0.15) is 0 Å². The van der Waals surface area contributed by atoms with Crippen LogP contribution in [-0.2, 0) is 6.54 Å². The smallest absolute Gasteiger partial charge is 0.344 e. The average Bonchev–Trinajstić information content (AvgIpc) is 3.03. The second-order valence-electron chi connectivity index (χ2n) is 4.54. The lowest BCUT2D eigenvalue weighted by molar-refractivity contribution is -0.580. The number of nitrogens with two attached hydrogens (primary N) is 1. The van der Waals surface area contributed by atoms with Gasteiger partial charge in [0, 0.05) is 5.02 Å². The fourth-order valence-electron chi connectivity index (χ4n) is 2.33. The van der Waals surface area contributed by atoms with E-state index in [1.54, 1.807) is 6.26 Å². The van der Waals surface area contributed by atoms with Crippen molar-refractivity contribution in [1.29, 1.82) is 0 Å². The second-order valence-corrected chi connectivity index (χ2v) is 4.98. The van der Waals surface area contributed by atoms with Crippen LogP contribution >= 0.6 is 11.6 Å². The number of rotatable bonds is 3. The van der Waals surface area contributed by atoms with Crippen LogP contribution in [0.25, 0.3) is 0 Å². The molecular weight excluding hydrogens is 262 g/mol. The Labute approximate surface area is 116 Å². The van der Waals surface area contributed by atoms with E-state index in [4.69, 9.17) is 21.8 Å². The molecule has 1 aliphatic rings. The quantitative estimate of drug-likeness (QED) is 0.844. The number of hydrogen-bond acceptors (Lipinski definition) is 3. The maximum Gasteiger partial charge on any atom is 0.344 e.